The first-order valence-corrected chi connectivity index (χ1v) is 14.3. The maximum Gasteiger partial charge on any atom is 0.295 e. The van der Waals surface area contributed by atoms with Gasteiger partial charge in [-0.25, -0.2) is 9.97 Å². The number of amides is 1. The molecule has 4 aromatic heterocycles. The fourth-order valence-electron chi connectivity index (χ4n) is 7.95. The van der Waals surface area contributed by atoms with Crippen molar-refractivity contribution < 1.29 is 14.4 Å². The Balaban J connectivity index is 1.04. The number of rotatable bonds is 5. The lowest BCUT2D eigenvalue weighted by Crippen LogP contribution is -2.59. The minimum absolute atomic E-state index is 0.0539. The summed E-state index contributed by atoms with van der Waals surface area (Å²) in [7, 11) is 0. The van der Waals surface area contributed by atoms with E-state index in [4.69, 9.17) is 4.52 Å². The minimum atomic E-state index is -0.496. The molecule has 4 bridgehead atoms. The van der Waals surface area contributed by atoms with Crippen LogP contribution in [0.4, 0.5) is 11.5 Å². The van der Waals surface area contributed by atoms with E-state index in [0.717, 1.165) is 54.6 Å². The van der Waals surface area contributed by atoms with Crippen molar-refractivity contribution in [3.63, 3.8) is 0 Å². The molecule has 2 unspecified atom stereocenters. The Morgan fingerprint density at radius 1 is 1.07 bits per heavy atom. The maximum absolute atomic E-state index is 13.3. The number of H-pyrrole nitrogens is 1. The van der Waals surface area contributed by atoms with Gasteiger partial charge in [-0.3, -0.25) is 4.79 Å². The number of anilines is 2. The van der Waals surface area contributed by atoms with Crippen LogP contribution in [0.2, 0.25) is 0 Å². The van der Waals surface area contributed by atoms with Crippen LogP contribution in [0.25, 0.3) is 22.5 Å². The quantitative estimate of drug-likeness (QED) is 0.348. The molecule has 5 fully saturated rings. The molecule has 1 amide bonds. The summed E-state index contributed by atoms with van der Waals surface area (Å²) < 4.78 is 5.68. The molecule has 0 aromatic carbocycles. The predicted octanol–water partition coefficient (Wildman–Crippen LogP) is 3.32. The lowest BCUT2D eigenvalue weighted by Gasteiger charge is -2.58. The molecule has 0 radical (unpaired) electrons. The highest BCUT2D eigenvalue weighted by molar-refractivity contribution is 5.97. The van der Waals surface area contributed by atoms with E-state index in [-0.39, 0.29) is 23.7 Å². The number of aliphatic hydroxyl groups is 1. The Hall–Kier alpha value is -3.99. The number of carbonyl (C=O) groups excluding carboxylic acids is 1. The van der Waals surface area contributed by atoms with Crippen LogP contribution in [0.3, 0.4) is 0 Å². The lowest BCUT2D eigenvalue weighted by atomic mass is 9.52. The van der Waals surface area contributed by atoms with Gasteiger partial charge in [-0.15, -0.1) is 0 Å². The number of hydrogen-bond acceptors (Lipinski definition) is 9. The number of aromatic amines is 1. The Morgan fingerprint density at radius 3 is 2.65 bits per heavy atom. The Kier molecular flexibility index (Phi) is 5.38. The van der Waals surface area contributed by atoms with Gasteiger partial charge in [-0.2, -0.15) is 4.98 Å². The first kappa shape index (κ1) is 23.9. The molecule has 5 heterocycles. The van der Waals surface area contributed by atoms with Crippen molar-refractivity contribution in [2.75, 3.05) is 36.4 Å². The second kappa shape index (κ2) is 9.02. The number of fused-ring (bicyclic) bond motifs is 1. The number of hydrogen-bond donors (Lipinski definition) is 3. The first-order valence-electron chi connectivity index (χ1n) is 14.3. The summed E-state index contributed by atoms with van der Waals surface area (Å²) in [6, 6.07) is 8.11. The molecular formula is C29H32N8O3. The third-order valence-corrected chi connectivity index (χ3v) is 9.53. The molecule has 3 N–H and O–H groups in total. The highest BCUT2D eigenvalue weighted by Gasteiger charge is 2.54. The van der Waals surface area contributed by atoms with Gasteiger partial charge < -0.3 is 29.7 Å². The monoisotopic (exact) mass is 540 g/mol. The third-order valence-electron chi connectivity index (χ3n) is 9.53. The molecule has 11 heteroatoms. The van der Waals surface area contributed by atoms with Crippen molar-refractivity contribution in [1.82, 2.24) is 30.0 Å². The lowest BCUT2D eigenvalue weighted by molar-refractivity contribution is -0.129. The van der Waals surface area contributed by atoms with Crippen molar-refractivity contribution in [2.24, 2.45) is 17.8 Å². The molecule has 4 aromatic rings. The standard InChI is InChI=1S/C29H32N8O3/c38-28(37-9-7-36(8-10-37)22-3-1-2-5-30-22)26-34-27(40-35-26)21-16-32-25-20(4-6-31-25)24(21)33-23-18-11-17-12-19(23)15-29(39,13-17)14-18/h1-6,16-19,23,39H,7-15H2,(H2,31,32,33). The number of nitrogens with one attached hydrogen (secondary N) is 2. The highest BCUT2D eigenvalue weighted by Crippen LogP contribution is 2.56. The molecule has 0 spiro atoms. The fourth-order valence-corrected chi connectivity index (χ4v) is 7.95. The van der Waals surface area contributed by atoms with E-state index < -0.39 is 5.60 Å². The van der Waals surface area contributed by atoms with Crippen LogP contribution in [0.5, 0.6) is 0 Å². The van der Waals surface area contributed by atoms with Gasteiger partial charge >= 0.3 is 0 Å². The van der Waals surface area contributed by atoms with Crippen molar-refractivity contribution in [1.29, 1.82) is 0 Å². The normalized spacial score (nSPS) is 29.3. The van der Waals surface area contributed by atoms with Gasteiger partial charge in [0.05, 0.1) is 16.9 Å². The van der Waals surface area contributed by atoms with E-state index in [1.165, 1.54) is 0 Å². The average Bonchev–Trinajstić information content (AvgIpc) is 3.65. The van der Waals surface area contributed by atoms with E-state index in [2.05, 4.69) is 35.3 Å². The molecule has 206 valence electrons. The fraction of sp³-hybridized carbons (Fsp3) is 0.483. The maximum atomic E-state index is 13.3. The number of aromatic nitrogens is 5. The average molecular weight is 541 g/mol. The highest BCUT2D eigenvalue weighted by atomic mass is 16.5. The first-order chi connectivity index (χ1) is 19.5. The van der Waals surface area contributed by atoms with Gasteiger partial charge in [-0.05, 0) is 68.1 Å². The molecule has 40 heavy (non-hydrogen) atoms. The molecule has 5 aliphatic rings. The van der Waals surface area contributed by atoms with Crippen LogP contribution >= 0.6 is 0 Å². The third kappa shape index (κ3) is 3.94. The molecule has 4 saturated carbocycles. The van der Waals surface area contributed by atoms with Gasteiger partial charge in [0.15, 0.2) is 0 Å². The van der Waals surface area contributed by atoms with E-state index in [1.807, 2.05) is 30.5 Å². The summed E-state index contributed by atoms with van der Waals surface area (Å²) in [4.78, 5) is 34.0. The van der Waals surface area contributed by atoms with Crippen molar-refractivity contribution in [3.05, 3.63) is 48.7 Å². The van der Waals surface area contributed by atoms with Crippen molar-refractivity contribution in [2.45, 2.75) is 43.7 Å². The number of nitrogens with zero attached hydrogens (tertiary/aromatic N) is 6. The molecule has 9 rings (SSSR count). The molecule has 1 aliphatic heterocycles. The summed E-state index contributed by atoms with van der Waals surface area (Å²) in [5.74, 6) is 2.48. The van der Waals surface area contributed by atoms with Gasteiger partial charge in [0.2, 0.25) is 0 Å². The zero-order valence-corrected chi connectivity index (χ0v) is 22.2. The largest absolute Gasteiger partial charge is 0.390 e. The van der Waals surface area contributed by atoms with Gasteiger partial charge in [0, 0.05) is 56.2 Å². The number of piperazine rings is 1. The Morgan fingerprint density at radius 2 is 1.90 bits per heavy atom. The Bertz CT molecular complexity index is 1540. The molecule has 2 atom stereocenters. The second-order valence-electron chi connectivity index (χ2n) is 12.0. The van der Waals surface area contributed by atoms with E-state index in [9.17, 15) is 9.90 Å². The number of pyridine rings is 2. The zero-order valence-electron chi connectivity index (χ0n) is 22.2. The predicted molar refractivity (Wildman–Crippen MR) is 148 cm³/mol. The SMILES string of the molecule is O=C(c1noc(-c2cnc3[nH]ccc3c2NC2C3CC4CC2CC(O)(C4)C3)n1)N1CCN(c2ccccn2)CC1. The zero-order chi connectivity index (χ0) is 26.8. The molecular weight excluding hydrogens is 508 g/mol. The number of carbonyl (C=O) groups is 1. The van der Waals surface area contributed by atoms with Crippen LogP contribution in [0, 0.1) is 17.8 Å². The second-order valence-corrected chi connectivity index (χ2v) is 12.0. The van der Waals surface area contributed by atoms with Crippen LogP contribution < -0.4 is 10.2 Å². The summed E-state index contributed by atoms with van der Waals surface area (Å²) in [5.41, 5.74) is 1.85. The topological polar surface area (TPSA) is 136 Å². The molecule has 11 nitrogen and oxygen atoms in total. The molecule has 1 saturated heterocycles. The van der Waals surface area contributed by atoms with Crippen molar-refractivity contribution in [3.8, 4) is 11.5 Å². The van der Waals surface area contributed by atoms with Crippen LogP contribution in [0.15, 0.2) is 47.4 Å². The summed E-state index contributed by atoms with van der Waals surface area (Å²) in [6.45, 7) is 2.49. The summed E-state index contributed by atoms with van der Waals surface area (Å²) in [6.07, 6.45) is 10.3. The van der Waals surface area contributed by atoms with Crippen LogP contribution in [-0.2, 0) is 0 Å². The van der Waals surface area contributed by atoms with Gasteiger partial charge in [0.1, 0.15) is 11.5 Å². The summed E-state index contributed by atoms with van der Waals surface area (Å²) >= 11 is 0. The molecule has 4 aliphatic carbocycles. The van der Waals surface area contributed by atoms with E-state index in [0.29, 0.717) is 49.5 Å². The van der Waals surface area contributed by atoms with E-state index >= 15 is 0 Å². The van der Waals surface area contributed by atoms with E-state index in [1.54, 1.807) is 17.3 Å². The van der Waals surface area contributed by atoms with Crippen LogP contribution in [0.1, 0.15) is 42.7 Å². The van der Waals surface area contributed by atoms with Crippen LogP contribution in [-0.4, -0.2) is 78.8 Å². The van der Waals surface area contributed by atoms with Gasteiger partial charge in [0.25, 0.3) is 17.6 Å². The Labute approximate surface area is 231 Å². The smallest absolute Gasteiger partial charge is 0.295 e. The minimum Gasteiger partial charge on any atom is -0.390 e. The summed E-state index contributed by atoms with van der Waals surface area (Å²) in [5, 5.41) is 20.0. The van der Waals surface area contributed by atoms with Gasteiger partial charge in [-0.1, -0.05) is 11.2 Å². The van der Waals surface area contributed by atoms with Crippen molar-refractivity contribution >= 4 is 28.4 Å².